The lowest BCUT2D eigenvalue weighted by Gasteiger charge is -2.40. The van der Waals surface area contributed by atoms with Crippen LogP contribution < -0.4 is 5.32 Å². The van der Waals surface area contributed by atoms with Crippen molar-refractivity contribution in [2.24, 2.45) is 0 Å². The van der Waals surface area contributed by atoms with Gasteiger partial charge in [0.2, 0.25) is 5.91 Å². The Bertz CT molecular complexity index is 1290. The monoisotopic (exact) mass is 1030 g/mol. The van der Waals surface area contributed by atoms with E-state index in [4.69, 9.17) is 9.47 Å². The average Bonchev–Trinajstić information content (AvgIpc) is 3.39. The van der Waals surface area contributed by atoms with Crippen LogP contribution in [0.15, 0.2) is 48.6 Å². The lowest BCUT2D eigenvalue weighted by Crippen LogP contribution is -2.60. The number of hydrogen-bond donors (Lipinski definition) is 6. The fraction of sp³-hybridized carbons (Fsp3) is 0.859. The van der Waals surface area contributed by atoms with Gasteiger partial charge in [-0.2, -0.15) is 0 Å². The number of rotatable bonds is 54. The van der Waals surface area contributed by atoms with Gasteiger partial charge in [-0.05, 0) is 70.6 Å². The van der Waals surface area contributed by atoms with Crippen molar-refractivity contribution >= 4 is 5.91 Å². The molecule has 0 radical (unpaired) electrons. The Morgan fingerprint density at radius 3 is 1.15 bits per heavy atom. The fourth-order valence-electron chi connectivity index (χ4n) is 9.89. The maximum absolute atomic E-state index is 13.1. The van der Waals surface area contributed by atoms with Crippen LogP contribution in [0.5, 0.6) is 0 Å². The zero-order chi connectivity index (χ0) is 52.9. The highest BCUT2D eigenvalue weighted by molar-refractivity contribution is 5.76. The number of allylic oxidation sites excluding steroid dienone is 7. The summed E-state index contributed by atoms with van der Waals surface area (Å²) in [7, 11) is 0. The Hall–Kier alpha value is -1.85. The molecule has 0 spiro atoms. The molecule has 6 N–H and O–H groups in total. The van der Waals surface area contributed by atoms with Gasteiger partial charge in [-0.1, -0.05) is 268 Å². The summed E-state index contributed by atoms with van der Waals surface area (Å²) >= 11 is 0. The third-order valence-corrected chi connectivity index (χ3v) is 14.9. The first kappa shape index (κ1) is 69.2. The molecule has 73 heavy (non-hydrogen) atoms. The Morgan fingerprint density at radius 2 is 0.781 bits per heavy atom. The van der Waals surface area contributed by atoms with Crippen LogP contribution in [-0.4, -0.2) is 87.5 Å². The number of amides is 1. The van der Waals surface area contributed by atoms with Crippen molar-refractivity contribution in [1.82, 2.24) is 5.32 Å². The predicted octanol–water partition coefficient (Wildman–Crippen LogP) is 16.1. The number of ether oxygens (including phenoxy) is 2. The first-order chi connectivity index (χ1) is 35.8. The molecule has 9 nitrogen and oxygen atoms in total. The molecule has 0 aromatic rings. The van der Waals surface area contributed by atoms with E-state index in [9.17, 15) is 30.3 Å². The van der Waals surface area contributed by atoms with E-state index in [0.29, 0.717) is 6.42 Å². The summed E-state index contributed by atoms with van der Waals surface area (Å²) in [6.07, 6.45) is 64.9. The lowest BCUT2D eigenvalue weighted by molar-refractivity contribution is -0.302. The average molecular weight is 1030 g/mol. The molecule has 1 rings (SSSR count). The van der Waals surface area contributed by atoms with Gasteiger partial charge in [0.05, 0.1) is 25.4 Å². The van der Waals surface area contributed by atoms with Crippen LogP contribution in [0.4, 0.5) is 0 Å². The van der Waals surface area contributed by atoms with Crippen molar-refractivity contribution in [2.75, 3.05) is 13.2 Å². The molecule has 7 atom stereocenters. The number of aliphatic hydroxyl groups excluding tert-OH is 5. The topological polar surface area (TPSA) is 149 Å². The molecule has 0 bridgehead atoms. The minimum absolute atomic E-state index is 0.187. The number of aliphatic hydroxyl groups is 5. The molecule has 0 aromatic carbocycles. The number of hydrogen-bond acceptors (Lipinski definition) is 8. The van der Waals surface area contributed by atoms with Crippen LogP contribution in [0.25, 0.3) is 0 Å². The summed E-state index contributed by atoms with van der Waals surface area (Å²) in [5.74, 6) is -0.187. The second-order valence-electron chi connectivity index (χ2n) is 21.8. The zero-order valence-corrected chi connectivity index (χ0v) is 47.6. The molecule has 1 fully saturated rings. The highest BCUT2D eigenvalue weighted by Crippen LogP contribution is 2.23. The van der Waals surface area contributed by atoms with E-state index in [2.05, 4.69) is 55.6 Å². The SMILES string of the molecule is CCCCCCCCCC/C=C\CCCCCCCCCCCCCCCCCCCCCC(=O)NC(COC1OC(CO)C(O)C(O)C1O)C(O)/C=C/CC/C=C/CC/C=C/CCCCCCCCCCC. The van der Waals surface area contributed by atoms with Gasteiger partial charge in [0, 0.05) is 6.42 Å². The van der Waals surface area contributed by atoms with Gasteiger partial charge in [-0.25, -0.2) is 0 Å². The number of nitrogens with one attached hydrogen (secondary N) is 1. The van der Waals surface area contributed by atoms with Gasteiger partial charge in [0.25, 0.3) is 0 Å². The number of carbonyl (C=O) groups excluding carboxylic acids is 1. The first-order valence-corrected chi connectivity index (χ1v) is 31.4. The van der Waals surface area contributed by atoms with E-state index in [1.54, 1.807) is 6.08 Å². The van der Waals surface area contributed by atoms with Crippen molar-refractivity contribution in [3.63, 3.8) is 0 Å². The molecule has 1 amide bonds. The molecule has 1 heterocycles. The van der Waals surface area contributed by atoms with E-state index < -0.39 is 49.5 Å². The Morgan fingerprint density at radius 1 is 0.452 bits per heavy atom. The highest BCUT2D eigenvalue weighted by atomic mass is 16.7. The highest BCUT2D eigenvalue weighted by Gasteiger charge is 2.44. The summed E-state index contributed by atoms with van der Waals surface area (Å²) in [5, 5.41) is 54.5. The smallest absolute Gasteiger partial charge is 0.220 e. The van der Waals surface area contributed by atoms with Gasteiger partial charge >= 0.3 is 0 Å². The largest absolute Gasteiger partial charge is 0.394 e. The Balaban J connectivity index is 2.17. The summed E-state index contributed by atoms with van der Waals surface area (Å²) in [4.78, 5) is 13.1. The molecular formula is C64H119NO8. The molecule has 0 saturated carbocycles. The Kier molecular flexibility index (Phi) is 50.7. The lowest BCUT2D eigenvalue weighted by atomic mass is 9.99. The van der Waals surface area contributed by atoms with Crippen LogP contribution in [0, 0.1) is 0 Å². The molecule has 1 saturated heterocycles. The maximum atomic E-state index is 13.1. The molecule has 1 aliphatic rings. The van der Waals surface area contributed by atoms with E-state index in [-0.39, 0.29) is 12.5 Å². The molecule has 428 valence electrons. The van der Waals surface area contributed by atoms with Gasteiger partial charge < -0.3 is 40.3 Å². The minimum atomic E-state index is -1.57. The zero-order valence-electron chi connectivity index (χ0n) is 47.6. The fourth-order valence-corrected chi connectivity index (χ4v) is 9.89. The Labute approximate surface area is 450 Å². The first-order valence-electron chi connectivity index (χ1n) is 31.4. The number of carbonyl (C=O) groups is 1. The standard InChI is InChI=1S/C64H119NO8/c1-3-5-7-9-11-13-15-17-19-21-23-24-25-26-27-28-29-30-31-32-33-34-36-38-40-42-44-46-48-50-52-54-60(68)65-57(56-72-64-63(71)62(70)61(69)59(55-66)73-64)58(67)53-51-49-47-45-43-41-39-37-35-22-20-18-16-14-12-10-8-6-4-2/h21,23,35,37,43,45,51,53,57-59,61-64,66-67,69-71H,3-20,22,24-34,36,38-42,44,46-50,52,54-56H2,1-2H3,(H,65,68)/b23-21-,37-35+,45-43+,53-51+. The van der Waals surface area contributed by atoms with Gasteiger partial charge in [0.15, 0.2) is 6.29 Å². The third kappa shape index (κ3) is 42.9. The second-order valence-corrected chi connectivity index (χ2v) is 21.8. The number of unbranched alkanes of at least 4 members (excludes halogenated alkanes) is 38. The van der Waals surface area contributed by atoms with Crippen LogP contribution >= 0.6 is 0 Å². The summed E-state index contributed by atoms with van der Waals surface area (Å²) in [6.45, 7) is 3.78. The van der Waals surface area contributed by atoms with Gasteiger partial charge in [-0.3, -0.25) is 4.79 Å². The van der Waals surface area contributed by atoms with Crippen LogP contribution in [-0.2, 0) is 14.3 Å². The third-order valence-electron chi connectivity index (χ3n) is 14.9. The summed E-state index contributed by atoms with van der Waals surface area (Å²) in [6, 6.07) is -0.828. The minimum Gasteiger partial charge on any atom is -0.394 e. The van der Waals surface area contributed by atoms with E-state index in [0.717, 1.165) is 44.9 Å². The normalized spacial score (nSPS) is 19.4. The molecule has 0 aliphatic carbocycles. The van der Waals surface area contributed by atoms with Crippen LogP contribution in [0.3, 0.4) is 0 Å². The van der Waals surface area contributed by atoms with Crippen LogP contribution in [0.2, 0.25) is 0 Å². The van der Waals surface area contributed by atoms with E-state index in [1.165, 1.54) is 231 Å². The van der Waals surface area contributed by atoms with Gasteiger partial charge in [-0.15, -0.1) is 0 Å². The van der Waals surface area contributed by atoms with Crippen molar-refractivity contribution in [1.29, 1.82) is 0 Å². The molecule has 7 unspecified atom stereocenters. The quantitative estimate of drug-likeness (QED) is 0.0261. The maximum Gasteiger partial charge on any atom is 0.220 e. The second kappa shape index (κ2) is 53.5. The van der Waals surface area contributed by atoms with Crippen molar-refractivity contribution in [2.45, 2.75) is 339 Å². The van der Waals surface area contributed by atoms with E-state index in [1.807, 2.05) is 6.08 Å². The molecule has 9 heteroatoms. The summed E-state index contributed by atoms with van der Waals surface area (Å²) in [5.41, 5.74) is 0. The summed E-state index contributed by atoms with van der Waals surface area (Å²) < 4.78 is 11.3. The molecule has 1 aliphatic heterocycles. The molecule has 0 aromatic heterocycles. The van der Waals surface area contributed by atoms with Crippen LogP contribution in [0.1, 0.15) is 296 Å². The van der Waals surface area contributed by atoms with Crippen molar-refractivity contribution in [3.05, 3.63) is 48.6 Å². The van der Waals surface area contributed by atoms with Crippen molar-refractivity contribution < 1.29 is 39.8 Å². The predicted molar refractivity (Wildman–Crippen MR) is 309 cm³/mol. The van der Waals surface area contributed by atoms with E-state index >= 15 is 0 Å². The van der Waals surface area contributed by atoms with Crippen molar-refractivity contribution in [3.8, 4) is 0 Å². The van der Waals surface area contributed by atoms with Gasteiger partial charge in [0.1, 0.15) is 24.4 Å². The molecular weight excluding hydrogens is 911 g/mol.